The molecule has 3 heterocycles. The number of nitrogens with one attached hydrogen (secondary N) is 1. The molecule has 4 rings (SSSR count). The molecule has 0 spiro atoms. The number of ether oxygens (including phenoxy) is 1. The average Bonchev–Trinajstić information content (AvgIpc) is 3.21. The molecule has 0 radical (unpaired) electrons. The number of allylic oxidation sites excluding steroid dienone is 5. The lowest BCUT2D eigenvalue weighted by Gasteiger charge is -2.39. The van der Waals surface area contributed by atoms with Crippen LogP contribution in [-0.4, -0.2) is 42.2 Å². The number of H-pyrrole nitrogens is 1. The van der Waals surface area contributed by atoms with Crippen LogP contribution in [0, 0.1) is 0 Å². The normalized spacial score (nSPS) is 19.7. The van der Waals surface area contributed by atoms with Crippen molar-refractivity contribution >= 4 is 16.5 Å². The number of likely N-dealkylation sites (tertiary alicyclic amines) is 1. The highest BCUT2D eigenvalue weighted by atomic mass is 16.5. The van der Waals surface area contributed by atoms with E-state index in [0.717, 1.165) is 19.3 Å². The summed E-state index contributed by atoms with van der Waals surface area (Å²) in [6.07, 6.45) is 9.19. The first kappa shape index (κ1) is 24.0. The number of rotatable bonds is 6. The number of aromatic amines is 1. The third-order valence-corrected chi connectivity index (χ3v) is 7.58. The quantitative estimate of drug-likeness (QED) is 0.463. The smallest absolute Gasteiger partial charge is 0.0502 e. The largest absolute Gasteiger partial charge is 0.381 e. The van der Waals surface area contributed by atoms with Gasteiger partial charge in [0.05, 0.1) is 5.69 Å². The van der Waals surface area contributed by atoms with Gasteiger partial charge in [0.25, 0.3) is 0 Å². The number of nitrogens with zero attached hydrogens (tertiary/aromatic N) is 1. The van der Waals surface area contributed by atoms with Crippen LogP contribution in [0.4, 0.5) is 0 Å². The van der Waals surface area contributed by atoms with E-state index in [1.807, 2.05) is 6.08 Å². The summed E-state index contributed by atoms with van der Waals surface area (Å²) in [7, 11) is 0. The minimum absolute atomic E-state index is 0.442. The molecule has 3 nitrogen and oxygen atoms in total. The molecule has 2 aliphatic rings. The summed E-state index contributed by atoms with van der Waals surface area (Å²) >= 11 is 0. The minimum atomic E-state index is 0.442. The van der Waals surface area contributed by atoms with Crippen LogP contribution in [0.1, 0.15) is 89.0 Å². The molecule has 2 fully saturated rings. The molecule has 2 aliphatic heterocycles. The maximum absolute atomic E-state index is 5.57. The Morgan fingerprint density at radius 2 is 1.79 bits per heavy atom. The van der Waals surface area contributed by atoms with Gasteiger partial charge in [0.1, 0.15) is 0 Å². The van der Waals surface area contributed by atoms with Crippen LogP contribution in [0.25, 0.3) is 16.5 Å². The molecule has 0 amide bonds. The zero-order valence-electron chi connectivity index (χ0n) is 21.3. The second-order valence-electron chi connectivity index (χ2n) is 10.5. The standard InChI is InChI=1S/C30H42N2O/c1-7-22(6)26(18-20(2)3)30-29(21(4)5)27-19-24(8-9-28(27)31-30)23-10-14-32(15-11-23)25-12-16-33-17-13-25/h7-9,18-19,21,23,25,31H,1,10-17H2,2-6H3/b26-22+. The predicted octanol–water partition coefficient (Wildman–Crippen LogP) is 7.58. The van der Waals surface area contributed by atoms with Crippen molar-refractivity contribution < 1.29 is 4.74 Å². The molecule has 3 heteroatoms. The monoisotopic (exact) mass is 446 g/mol. The van der Waals surface area contributed by atoms with E-state index in [4.69, 9.17) is 4.74 Å². The molecular formula is C30H42N2O. The number of hydrogen-bond donors (Lipinski definition) is 1. The Kier molecular flexibility index (Phi) is 7.61. The van der Waals surface area contributed by atoms with Crippen molar-refractivity contribution in [2.24, 2.45) is 0 Å². The fourth-order valence-corrected chi connectivity index (χ4v) is 5.73. The fraction of sp³-hybridized carbons (Fsp3) is 0.533. The van der Waals surface area contributed by atoms with Crippen LogP contribution in [-0.2, 0) is 4.74 Å². The number of benzene rings is 1. The van der Waals surface area contributed by atoms with E-state index in [9.17, 15) is 0 Å². The van der Waals surface area contributed by atoms with E-state index in [0.29, 0.717) is 11.8 Å². The van der Waals surface area contributed by atoms with E-state index in [1.165, 1.54) is 83.2 Å². The lowest BCUT2D eigenvalue weighted by Crippen LogP contribution is -2.43. The van der Waals surface area contributed by atoms with Gasteiger partial charge in [0.15, 0.2) is 0 Å². The lowest BCUT2D eigenvalue weighted by molar-refractivity contribution is 0.0252. The van der Waals surface area contributed by atoms with Gasteiger partial charge in [0, 0.05) is 35.7 Å². The van der Waals surface area contributed by atoms with E-state index in [1.54, 1.807) is 0 Å². The second kappa shape index (κ2) is 10.4. The lowest BCUT2D eigenvalue weighted by atomic mass is 9.86. The Morgan fingerprint density at radius 1 is 1.09 bits per heavy atom. The zero-order chi connectivity index (χ0) is 23.5. The van der Waals surface area contributed by atoms with Gasteiger partial charge < -0.3 is 14.6 Å². The van der Waals surface area contributed by atoms with Gasteiger partial charge in [-0.1, -0.05) is 44.2 Å². The molecule has 0 saturated carbocycles. The van der Waals surface area contributed by atoms with Crippen molar-refractivity contribution in [2.45, 2.75) is 78.2 Å². The van der Waals surface area contributed by atoms with Gasteiger partial charge in [0.2, 0.25) is 0 Å². The molecule has 0 unspecified atom stereocenters. The number of fused-ring (bicyclic) bond motifs is 1. The summed E-state index contributed by atoms with van der Waals surface area (Å²) in [4.78, 5) is 6.50. The number of aromatic nitrogens is 1. The molecule has 0 atom stereocenters. The summed E-state index contributed by atoms with van der Waals surface area (Å²) in [6.45, 7) is 19.5. The van der Waals surface area contributed by atoms with Gasteiger partial charge in [-0.2, -0.15) is 0 Å². The van der Waals surface area contributed by atoms with Crippen LogP contribution in [0.2, 0.25) is 0 Å². The molecule has 1 aromatic carbocycles. The summed E-state index contributed by atoms with van der Waals surface area (Å²) in [5, 5.41) is 1.39. The Labute approximate surface area is 200 Å². The highest BCUT2D eigenvalue weighted by molar-refractivity contribution is 5.93. The predicted molar refractivity (Wildman–Crippen MR) is 142 cm³/mol. The minimum Gasteiger partial charge on any atom is -0.381 e. The molecule has 2 saturated heterocycles. The first-order valence-electron chi connectivity index (χ1n) is 12.8. The van der Waals surface area contributed by atoms with E-state index < -0.39 is 0 Å². The van der Waals surface area contributed by atoms with Crippen LogP contribution in [0.5, 0.6) is 0 Å². The Hall–Kier alpha value is -2.10. The van der Waals surface area contributed by atoms with E-state index in [-0.39, 0.29) is 0 Å². The van der Waals surface area contributed by atoms with Crippen LogP contribution < -0.4 is 0 Å². The Bertz CT molecular complexity index is 1040. The first-order chi connectivity index (χ1) is 15.9. The summed E-state index contributed by atoms with van der Waals surface area (Å²) in [5.41, 5.74) is 9.21. The molecule has 178 valence electrons. The zero-order valence-corrected chi connectivity index (χ0v) is 21.3. The third kappa shape index (κ3) is 5.20. The van der Waals surface area contributed by atoms with E-state index in [2.05, 4.69) is 75.4 Å². The van der Waals surface area contributed by atoms with Gasteiger partial charge >= 0.3 is 0 Å². The highest BCUT2D eigenvalue weighted by Gasteiger charge is 2.27. The average molecular weight is 447 g/mol. The first-order valence-corrected chi connectivity index (χ1v) is 12.8. The van der Waals surface area contributed by atoms with Crippen LogP contribution in [0.3, 0.4) is 0 Å². The van der Waals surface area contributed by atoms with Crippen molar-refractivity contribution in [3.05, 3.63) is 64.9 Å². The number of piperidine rings is 1. The maximum atomic E-state index is 5.57. The third-order valence-electron chi connectivity index (χ3n) is 7.58. The molecular weight excluding hydrogens is 404 g/mol. The summed E-state index contributed by atoms with van der Waals surface area (Å²) in [5.74, 6) is 1.10. The Balaban J connectivity index is 1.64. The molecule has 33 heavy (non-hydrogen) atoms. The van der Waals surface area contributed by atoms with E-state index >= 15 is 0 Å². The molecule has 0 bridgehead atoms. The Morgan fingerprint density at radius 3 is 2.39 bits per heavy atom. The van der Waals surface area contributed by atoms with Crippen molar-refractivity contribution in [1.29, 1.82) is 0 Å². The van der Waals surface area contributed by atoms with Crippen molar-refractivity contribution in [2.75, 3.05) is 26.3 Å². The molecule has 1 aromatic heterocycles. The summed E-state index contributed by atoms with van der Waals surface area (Å²) in [6, 6.07) is 7.90. The SMILES string of the molecule is C=C/C(C)=C(\C=C(C)C)c1[nH]c2ccc(C3CCN(C4CCOCC4)CC3)cc2c1C(C)C. The molecule has 0 aliphatic carbocycles. The van der Waals surface area contributed by atoms with Gasteiger partial charge in [-0.05, 0) is 100 Å². The maximum Gasteiger partial charge on any atom is 0.0502 e. The van der Waals surface area contributed by atoms with Crippen molar-refractivity contribution in [3.8, 4) is 0 Å². The highest BCUT2D eigenvalue weighted by Crippen LogP contribution is 2.38. The van der Waals surface area contributed by atoms with Crippen LogP contribution >= 0.6 is 0 Å². The van der Waals surface area contributed by atoms with Crippen LogP contribution in [0.15, 0.2) is 48.1 Å². The van der Waals surface area contributed by atoms with Gasteiger partial charge in [-0.25, -0.2) is 0 Å². The fourth-order valence-electron chi connectivity index (χ4n) is 5.73. The van der Waals surface area contributed by atoms with Gasteiger partial charge in [-0.15, -0.1) is 0 Å². The molecule has 1 N–H and O–H groups in total. The van der Waals surface area contributed by atoms with Crippen molar-refractivity contribution in [1.82, 2.24) is 9.88 Å². The molecule has 2 aromatic rings. The second-order valence-corrected chi connectivity index (χ2v) is 10.5. The van der Waals surface area contributed by atoms with Gasteiger partial charge in [-0.3, -0.25) is 0 Å². The number of hydrogen-bond acceptors (Lipinski definition) is 2. The topological polar surface area (TPSA) is 28.3 Å². The summed E-state index contributed by atoms with van der Waals surface area (Å²) < 4.78 is 5.57. The van der Waals surface area contributed by atoms with Crippen molar-refractivity contribution in [3.63, 3.8) is 0 Å².